The van der Waals surface area contributed by atoms with Gasteiger partial charge in [-0.1, -0.05) is 6.92 Å². The molecule has 0 bridgehead atoms. The lowest BCUT2D eigenvalue weighted by molar-refractivity contribution is -0.141. The number of carboxylic acids is 1. The number of ether oxygens (including phenoxy) is 1. The van der Waals surface area contributed by atoms with E-state index >= 15 is 0 Å². The molecule has 0 fully saturated rings. The number of furan rings is 1. The van der Waals surface area contributed by atoms with Crippen LogP contribution < -0.4 is 10.1 Å². The van der Waals surface area contributed by atoms with Crippen molar-refractivity contribution in [2.24, 2.45) is 0 Å². The van der Waals surface area contributed by atoms with E-state index in [1.54, 1.807) is 20.1 Å². The molecule has 6 nitrogen and oxygen atoms in total. The number of nitrogens with one attached hydrogen (secondary N) is 1. The minimum atomic E-state index is -1.05. The molecule has 2 aromatic rings. The predicted molar refractivity (Wildman–Crippen MR) is 100 cm³/mol. The van der Waals surface area contributed by atoms with E-state index in [4.69, 9.17) is 14.3 Å². The third kappa shape index (κ3) is 3.90. The van der Waals surface area contributed by atoms with Gasteiger partial charge < -0.3 is 19.6 Å². The maximum Gasteiger partial charge on any atom is 0.326 e. The van der Waals surface area contributed by atoms with Crippen LogP contribution in [0.25, 0.3) is 16.5 Å². The predicted octanol–water partition coefficient (Wildman–Crippen LogP) is 3.83. The van der Waals surface area contributed by atoms with Gasteiger partial charge in [-0.15, -0.1) is 0 Å². The largest absolute Gasteiger partial charge is 0.493 e. The molecule has 0 aliphatic rings. The number of carbonyl (C=O) groups excluding carboxylic acids is 1. The number of hydrogen-bond donors (Lipinski definition) is 2. The number of benzene rings is 1. The molecular formula is C20H25NO5. The molecule has 140 valence electrons. The summed E-state index contributed by atoms with van der Waals surface area (Å²) < 4.78 is 11.4. The summed E-state index contributed by atoms with van der Waals surface area (Å²) in [5.74, 6) is -0.824. The van der Waals surface area contributed by atoms with Crippen LogP contribution >= 0.6 is 0 Å². The monoisotopic (exact) mass is 359 g/mol. The molecule has 0 radical (unpaired) electrons. The minimum absolute atomic E-state index is 0.317. The van der Waals surface area contributed by atoms with Crippen LogP contribution in [0, 0.1) is 13.8 Å². The van der Waals surface area contributed by atoms with E-state index in [-0.39, 0.29) is 0 Å². The Balaban J connectivity index is 2.46. The first-order chi connectivity index (χ1) is 12.3. The Bertz CT molecular complexity index is 863. The number of hydrogen-bond acceptors (Lipinski definition) is 4. The second-order valence-corrected chi connectivity index (χ2v) is 6.24. The molecule has 26 heavy (non-hydrogen) atoms. The van der Waals surface area contributed by atoms with Crippen molar-refractivity contribution >= 4 is 28.4 Å². The van der Waals surface area contributed by atoms with Crippen LogP contribution in [0.3, 0.4) is 0 Å². The van der Waals surface area contributed by atoms with Gasteiger partial charge in [0.15, 0.2) is 0 Å². The lowest BCUT2D eigenvalue weighted by Gasteiger charge is -2.15. The van der Waals surface area contributed by atoms with E-state index in [0.717, 1.165) is 27.7 Å². The van der Waals surface area contributed by atoms with Gasteiger partial charge in [0.25, 0.3) is 0 Å². The molecule has 0 saturated carbocycles. The Hall–Kier alpha value is -2.76. The number of fused-ring (bicyclic) bond motifs is 1. The van der Waals surface area contributed by atoms with Crippen LogP contribution in [0.4, 0.5) is 0 Å². The normalized spacial score (nSPS) is 12.9. The number of allylic oxidation sites excluding steroid dienone is 1. The molecule has 1 aromatic heterocycles. The molecule has 0 aliphatic carbocycles. The topological polar surface area (TPSA) is 88.8 Å². The third-order valence-electron chi connectivity index (χ3n) is 4.32. The molecule has 0 saturated heterocycles. The Labute approximate surface area is 152 Å². The summed E-state index contributed by atoms with van der Waals surface area (Å²) in [5.41, 5.74) is 4.12. The maximum atomic E-state index is 12.2. The summed E-state index contributed by atoms with van der Waals surface area (Å²) in [6.07, 6.45) is 3.42. The Morgan fingerprint density at radius 3 is 2.62 bits per heavy atom. The van der Waals surface area contributed by atoms with Crippen molar-refractivity contribution in [3.8, 4) is 5.75 Å². The second kappa shape index (κ2) is 8.08. The number of amides is 1. The summed E-state index contributed by atoms with van der Waals surface area (Å²) in [6.45, 7) is 9.77. The van der Waals surface area contributed by atoms with E-state index < -0.39 is 17.9 Å². The standard InChI is InChI=1S/C20H25NO5/c1-6-16(20(23)24)21-17(22)8-11(3)14-9-15-12(4)10-26-19(15)13(5)18(14)25-7-2/h8-10,16H,6-7H2,1-5H3,(H,21,22)(H,23,24)/b11-8+. The second-order valence-electron chi connectivity index (χ2n) is 6.24. The van der Waals surface area contributed by atoms with Crippen LogP contribution in [-0.2, 0) is 9.59 Å². The van der Waals surface area contributed by atoms with E-state index in [0.29, 0.717) is 24.4 Å². The summed E-state index contributed by atoms with van der Waals surface area (Å²) in [4.78, 5) is 23.3. The van der Waals surface area contributed by atoms with Gasteiger partial charge in [0.05, 0.1) is 12.9 Å². The number of rotatable bonds is 7. The molecule has 0 aliphatic heterocycles. The molecular weight excluding hydrogens is 334 g/mol. The lowest BCUT2D eigenvalue weighted by Crippen LogP contribution is -2.39. The minimum Gasteiger partial charge on any atom is -0.493 e. The zero-order chi connectivity index (χ0) is 19.4. The van der Waals surface area contributed by atoms with Crippen LogP contribution in [-0.4, -0.2) is 29.6 Å². The van der Waals surface area contributed by atoms with Crippen molar-refractivity contribution in [2.75, 3.05) is 6.61 Å². The average molecular weight is 359 g/mol. The van der Waals surface area contributed by atoms with Gasteiger partial charge in [-0.2, -0.15) is 0 Å². The van der Waals surface area contributed by atoms with E-state index in [2.05, 4.69) is 5.32 Å². The van der Waals surface area contributed by atoms with Crippen molar-refractivity contribution in [2.45, 2.75) is 47.1 Å². The van der Waals surface area contributed by atoms with Crippen LogP contribution in [0.5, 0.6) is 5.75 Å². The quantitative estimate of drug-likeness (QED) is 0.734. The lowest BCUT2D eigenvalue weighted by atomic mass is 9.98. The fourth-order valence-electron chi connectivity index (χ4n) is 2.89. The van der Waals surface area contributed by atoms with E-state index in [1.165, 1.54) is 6.08 Å². The SMILES string of the molecule is CCOc1c(/C(C)=C/C(=O)NC(CC)C(=O)O)cc2c(C)coc2c1C. The Kier molecular flexibility index (Phi) is 6.08. The first-order valence-corrected chi connectivity index (χ1v) is 8.66. The number of aliphatic carboxylic acids is 1. The first-order valence-electron chi connectivity index (χ1n) is 8.66. The molecule has 6 heteroatoms. The smallest absolute Gasteiger partial charge is 0.326 e. The van der Waals surface area contributed by atoms with Gasteiger partial charge in [0, 0.05) is 22.6 Å². The summed E-state index contributed by atoms with van der Waals surface area (Å²) in [6, 6.07) is 1.04. The highest BCUT2D eigenvalue weighted by atomic mass is 16.5. The van der Waals surface area contributed by atoms with Crippen molar-refractivity contribution in [3.63, 3.8) is 0 Å². The van der Waals surface area contributed by atoms with Crippen molar-refractivity contribution < 1.29 is 23.8 Å². The van der Waals surface area contributed by atoms with Gasteiger partial charge in [-0.25, -0.2) is 4.79 Å². The van der Waals surface area contributed by atoms with Gasteiger partial charge in [-0.3, -0.25) is 4.79 Å². The van der Waals surface area contributed by atoms with E-state index in [9.17, 15) is 9.59 Å². The zero-order valence-electron chi connectivity index (χ0n) is 15.8. The van der Waals surface area contributed by atoms with Gasteiger partial charge >= 0.3 is 5.97 Å². The molecule has 2 rings (SSSR count). The first kappa shape index (κ1) is 19.6. The molecule has 1 unspecified atom stereocenters. The highest BCUT2D eigenvalue weighted by Gasteiger charge is 2.19. The summed E-state index contributed by atoms with van der Waals surface area (Å²) in [7, 11) is 0. The summed E-state index contributed by atoms with van der Waals surface area (Å²) >= 11 is 0. The van der Waals surface area contributed by atoms with E-state index in [1.807, 2.05) is 26.8 Å². The average Bonchev–Trinajstić information content (AvgIpc) is 2.96. The van der Waals surface area contributed by atoms with Gasteiger partial charge in [0.1, 0.15) is 17.4 Å². The molecule has 2 N–H and O–H groups in total. The van der Waals surface area contributed by atoms with Crippen LogP contribution in [0.15, 0.2) is 22.8 Å². The highest BCUT2D eigenvalue weighted by Crippen LogP contribution is 2.37. The molecule has 1 aromatic carbocycles. The highest BCUT2D eigenvalue weighted by molar-refractivity contribution is 5.99. The Morgan fingerprint density at radius 2 is 2.04 bits per heavy atom. The fourth-order valence-corrected chi connectivity index (χ4v) is 2.89. The molecule has 0 spiro atoms. The molecule has 1 heterocycles. The Morgan fingerprint density at radius 1 is 1.35 bits per heavy atom. The number of carbonyl (C=O) groups is 2. The van der Waals surface area contributed by atoms with Crippen molar-refractivity contribution in [3.05, 3.63) is 35.1 Å². The number of carboxylic acid groups (broad SMARTS) is 1. The van der Waals surface area contributed by atoms with Crippen LogP contribution in [0.2, 0.25) is 0 Å². The third-order valence-corrected chi connectivity index (χ3v) is 4.32. The van der Waals surface area contributed by atoms with Gasteiger partial charge in [0.2, 0.25) is 5.91 Å². The zero-order valence-corrected chi connectivity index (χ0v) is 15.8. The maximum absolute atomic E-state index is 12.2. The van der Waals surface area contributed by atoms with Crippen LogP contribution in [0.1, 0.15) is 43.9 Å². The van der Waals surface area contributed by atoms with Crippen molar-refractivity contribution in [1.29, 1.82) is 0 Å². The number of aryl methyl sites for hydroxylation is 2. The molecule has 1 amide bonds. The van der Waals surface area contributed by atoms with Crippen molar-refractivity contribution in [1.82, 2.24) is 5.32 Å². The fraction of sp³-hybridized carbons (Fsp3) is 0.400. The summed E-state index contributed by atoms with van der Waals surface area (Å²) in [5, 5.41) is 12.5. The molecule has 1 atom stereocenters. The van der Waals surface area contributed by atoms with Gasteiger partial charge in [-0.05, 0) is 51.3 Å².